The monoisotopic (exact) mass is 393 g/mol. The summed E-state index contributed by atoms with van der Waals surface area (Å²) < 4.78 is 1.64. The number of ketones is 1. The van der Waals surface area contributed by atoms with Crippen LogP contribution in [-0.4, -0.2) is 37.7 Å². The smallest absolute Gasteiger partial charge is 0.231 e. The summed E-state index contributed by atoms with van der Waals surface area (Å²) in [4.78, 5) is 24.5. The SMILES string of the molecule is Cc1cc(C)cc(-n2nnnc2SCC(=O)c2ccc3c(c2)[C@H](C)C(=O)N3)c1. The Hall–Kier alpha value is -3.00. The van der Waals surface area contributed by atoms with Gasteiger partial charge in [0.2, 0.25) is 11.1 Å². The van der Waals surface area contributed by atoms with Gasteiger partial charge in [0.1, 0.15) is 0 Å². The molecule has 2 aromatic carbocycles. The van der Waals surface area contributed by atoms with Crippen LogP contribution in [0.25, 0.3) is 5.69 Å². The molecule has 1 aliphatic heterocycles. The van der Waals surface area contributed by atoms with Crippen molar-refractivity contribution in [3.8, 4) is 5.69 Å². The second-order valence-corrected chi connectivity index (χ2v) is 7.89. The molecular weight excluding hydrogens is 374 g/mol. The molecule has 2 heterocycles. The molecule has 0 bridgehead atoms. The van der Waals surface area contributed by atoms with Gasteiger partial charge in [-0.25, -0.2) is 0 Å². The number of nitrogens with one attached hydrogen (secondary N) is 1. The minimum absolute atomic E-state index is 0.0330. The highest BCUT2D eigenvalue weighted by Gasteiger charge is 2.27. The lowest BCUT2D eigenvalue weighted by Crippen LogP contribution is -2.08. The van der Waals surface area contributed by atoms with Crippen molar-refractivity contribution in [1.29, 1.82) is 0 Å². The number of Topliss-reactive ketones (excluding diaryl/α,β-unsaturated/α-hetero) is 1. The second kappa shape index (κ2) is 7.20. The number of anilines is 1. The molecule has 1 aliphatic rings. The lowest BCUT2D eigenvalue weighted by molar-refractivity contribution is -0.116. The van der Waals surface area contributed by atoms with E-state index in [1.54, 1.807) is 22.9 Å². The van der Waals surface area contributed by atoms with Gasteiger partial charge in [0.25, 0.3) is 0 Å². The van der Waals surface area contributed by atoms with Crippen molar-refractivity contribution in [3.05, 3.63) is 58.7 Å². The molecule has 1 N–H and O–H groups in total. The van der Waals surface area contributed by atoms with E-state index in [1.807, 2.05) is 32.9 Å². The molecule has 0 saturated carbocycles. The van der Waals surface area contributed by atoms with Crippen molar-refractivity contribution in [2.24, 2.45) is 0 Å². The molecule has 7 nitrogen and oxygen atoms in total. The molecule has 0 fully saturated rings. The number of benzene rings is 2. The molecule has 28 heavy (non-hydrogen) atoms. The number of thioether (sulfide) groups is 1. The van der Waals surface area contributed by atoms with Gasteiger partial charge in [-0.05, 0) is 78.2 Å². The Kier molecular flexibility index (Phi) is 4.72. The lowest BCUT2D eigenvalue weighted by atomic mass is 9.99. The molecule has 0 spiro atoms. The van der Waals surface area contributed by atoms with E-state index in [-0.39, 0.29) is 23.4 Å². The maximum absolute atomic E-state index is 12.7. The Bertz CT molecular complexity index is 1070. The van der Waals surface area contributed by atoms with Gasteiger partial charge in [-0.15, -0.1) is 5.10 Å². The van der Waals surface area contributed by atoms with Gasteiger partial charge in [0, 0.05) is 11.3 Å². The molecule has 1 aromatic heterocycles. The number of aromatic nitrogens is 4. The molecule has 0 unspecified atom stereocenters. The largest absolute Gasteiger partial charge is 0.325 e. The molecule has 3 aromatic rings. The van der Waals surface area contributed by atoms with E-state index in [2.05, 4.69) is 26.9 Å². The number of tetrazole rings is 1. The number of hydrogen-bond acceptors (Lipinski definition) is 6. The van der Waals surface area contributed by atoms with E-state index >= 15 is 0 Å². The third-order valence-electron chi connectivity index (χ3n) is 4.72. The van der Waals surface area contributed by atoms with Gasteiger partial charge in [-0.2, -0.15) is 4.68 Å². The van der Waals surface area contributed by atoms with Crippen molar-refractivity contribution >= 4 is 29.1 Å². The topological polar surface area (TPSA) is 89.8 Å². The average molecular weight is 393 g/mol. The van der Waals surface area contributed by atoms with E-state index in [4.69, 9.17) is 0 Å². The van der Waals surface area contributed by atoms with Crippen LogP contribution in [0.3, 0.4) is 0 Å². The molecule has 1 amide bonds. The minimum Gasteiger partial charge on any atom is -0.325 e. The highest BCUT2D eigenvalue weighted by atomic mass is 32.2. The van der Waals surface area contributed by atoms with E-state index in [9.17, 15) is 9.59 Å². The van der Waals surface area contributed by atoms with Crippen LogP contribution in [0.2, 0.25) is 0 Å². The Morgan fingerprint density at radius 1 is 1.18 bits per heavy atom. The van der Waals surface area contributed by atoms with Crippen LogP contribution in [0.15, 0.2) is 41.6 Å². The normalized spacial score (nSPS) is 15.4. The molecule has 1 atom stereocenters. The van der Waals surface area contributed by atoms with Crippen LogP contribution in [-0.2, 0) is 4.79 Å². The summed E-state index contributed by atoms with van der Waals surface area (Å²) in [5.41, 5.74) is 5.33. The molecule has 8 heteroatoms. The Labute approximate surface area is 166 Å². The zero-order chi connectivity index (χ0) is 19.8. The summed E-state index contributed by atoms with van der Waals surface area (Å²) >= 11 is 1.29. The summed E-state index contributed by atoms with van der Waals surface area (Å²) in [6, 6.07) is 11.4. The number of aryl methyl sites for hydroxylation is 2. The van der Waals surface area contributed by atoms with Gasteiger partial charge in [-0.3, -0.25) is 9.59 Å². The quantitative estimate of drug-likeness (QED) is 0.528. The first-order chi connectivity index (χ1) is 13.4. The predicted octanol–water partition coefficient (Wildman–Crippen LogP) is 3.31. The molecule has 142 valence electrons. The number of carbonyl (C=O) groups excluding carboxylic acids is 2. The van der Waals surface area contributed by atoms with E-state index in [1.165, 1.54) is 11.8 Å². The van der Waals surface area contributed by atoms with E-state index in [0.29, 0.717) is 10.7 Å². The summed E-state index contributed by atoms with van der Waals surface area (Å²) in [6.45, 7) is 5.87. The summed E-state index contributed by atoms with van der Waals surface area (Å²) in [5.74, 6) is -0.108. The summed E-state index contributed by atoms with van der Waals surface area (Å²) in [7, 11) is 0. The van der Waals surface area contributed by atoms with Crippen LogP contribution in [0, 0.1) is 13.8 Å². The first-order valence-electron chi connectivity index (χ1n) is 8.90. The molecule has 0 aliphatic carbocycles. The number of carbonyl (C=O) groups is 2. The maximum atomic E-state index is 12.7. The van der Waals surface area contributed by atoms with Gasteiger partial charge >= 0.3 is 0 Å². The van der Waals surface area contributed by atoms with Gasteiger partial charge < -0.3 is 5.32 Å². The number of rotatable bonds is 5. The van der Waals surface area contributed by atoms with Crippen molar-refractivity contribution in [2.45, 2.75) is 31.8 Å². The number of amides is 1. The van der Waals surface area contributed by atoms with Gasteiger partial charge in [0.15, 0.2) is 5.78 Å². The minimum atomic E-state index is -0.243. The first kappa shape index (κ1) is 18.4. The fourth-order valence-corrected chi connectivity index (χ4v) is 4.09. The van der Waals surface area contributed by atoms with Gasteiger partial charge in [0.05, 0.1) is 17.4 Å². The van der Waals surface area contributed by atoms with Crippen LogP contribution < -0.4 is 5.32 Å². The molecule has 0 radical (unpaired) electrons. The van der Waals surface area contributed by atoms with Crippen LogP contribution in [0.1, 0.15) is 39.9 Å². The van der Waals surface area contributed by atoms with Crippen molar-refractivity contribution in [2.75, 3.05) is 11.1 Å². The first-order valence-corrected chi connectivity index (χ1v) is 9.89. The van der Waals surface area contributed by atoms with E-state index < -0.39 is 0 Å². The van der Waals surface area contributed by atoms with Crippen molar-refractivity contribution in [1.82, 2.24) is 20.2 Å². The van der Waals surface area contributed by atoms with E-state index in [0.717, 1.165) is 28.1 Å². The fourth-order valence-electron chi connectivity index (χ4n) is 3.31. The van der Waals surface area contributed by atoms with Crippen LogP contribution in [0.5, 0.6) is 0 Å². The lowest BCUT2D eigenvalue weighted by Gasteiger charge is -2.07. The van der Waals surface area contributed by atoms with Crippen molar-refractivity contribution in [3.63, 3.8) is 0 Å². The predicted molar refractivity (Wildman–Crippen MR) is 107 cm³/mol. The van der Waals surface area contributed by atoms with Crippen molar-refractivity contribution < 1.29 is 9.59 Å². The molecule has 4 rings (SSSR count). The fraction of sp³-hybridized carbons (Fsp3) is 0.250. The summed E-state index contributed by atoms with van der Waals surface area (Å²) in [6.07, 6.45) is 0. The average Bonchev–Trinajstić information content (AvgIpc) is 3.23. The third-order valence-corrected chi connectivity index (χ3v) is 5.63. The Morgan fingerprint density at radius 2 is 1.93 bits per heavy atom. The second-order valence-electron chi connectivity index (χ2n) is 6.94. The zero-order valence-corrected chi connectivity index (χ0v) is 16.6. The molecule has 0 saturated heterocycles. The number of hydrogen-bond donors (Lipinski definition) is 1. The number of fused-ring (bicyclic) bond motifs is 1. The highest BCUT2D eigenvalue weighted by Crippen LogP contribution is 2.33. The Balaban J connectivity index is 1.51. The zero-order valence-electron chi connectivity index (χ0n) is 15.8. The summed E-state index contributed by atoms with van der Waals surface area (Å²) in [5, 5.41) is 15.3. The van der Waals surface area contributed by atoms with Gasteiger partial charge in [-0.1, -0.05) is 17.8 Å². The third kappa shape index (κ3) is 3.43. The molecular formula is C20H19N5O2S. The highest BCUT2D eigenvalue weighted by molar-refractivity contribution is 7.99. The number of nitrogens with zero attached hydrogens (tertiary/aromatic N) is 4. The van der Waals surface area contributed by atoms with Crippen LogP contribution in [0.4, 0.5) is 5.69 Å². The maximum Gasteiger partial charge on any atom is 0.231 e. The Morgan fingerprint density at radius 3 is 2.68 bits per heavy atom. The standard InChI is InChI=1S/C20H19N5O2S/c1-11-6-12(2)8-15(7-11)25-20(22-23-24-25)28-10-18(26)14-4-5-17-16(9-14)13(3)19(27)21-17/h4-9,13H,10H2,1-3H3,(H,21,27)/t13-/m0/s1. The van der Waals surface area contributed by atoms with Crippen LogP contribution >= 0.6 is 11.8 Å².